The van der Waals surface area contributed by atoms with E-state index in [0.29, 0.717) is 17.0 Å². The van der Waals surface area contributed by atoms with E-state index in [9.17, 15) is 0 Å². The molecule has 2 bridgehead atoms. The van der Waals surface area contributed by atoms with Gasteiger partial charge in [-0.25, -0.2) is 4.98 Å². The quantitative estimate of drug-likeness (QED) is 0.771. The Labute approximate surface area is 105 Å². The maximum atomic E-state index is 5.96. The van der Waals surface area contributed by atoms with Crippen LogP contribution in [0.4, 0.5) is 0 Å². The first-order chi connectivity index (χ1) is 8.31. The molecule has 1 fully saturated rings. The molecule has 2 heterocycles. The number of aromatic nitrogens is 1. The third kappa shape index (κ3) is 1.41. The van der Waals surface area contributed by atoms with Crippen LogP contribution < -0.4 is 5.32 Å². The van der Waals surface area contributed by atoms with Crippen molar-refractivity contribution in [3.63, 3.8) is 0 Å². The molecule has 2 aliphatic heterocycles. The van der Waals surface area contributed by atoms with Gasteiger partial charge in [-0.05, 0) is 41.5 Å². The van der Waals surface area contributed by atoms with Gasteiger partial charge in [0.15, 0.2) is 0 Å². The van der Waals surface area contributed by atoms with E-state index in [1.807, 2.05) is 6.07 Å². The Morgan fingerprint density at radius 3 is 2.82 bits per heavy atom. The second kappa shape index (κ2) is 3.44. The van der Waals surface area contributed by atoms with Gasteiger partial charge in [0.1, 0.15) is 5.15 Å². The molecule has 0 amide bonds. The normalized spacial score (nSPS) is 26.2. The molecule has 2 unspecified atom stereocenters. The minimum Gasteiger partial charge on any atom is -0.316 e. The van der Waals surface area contributed by atoms with Gasteiger partial charge in [0.2, 0.25) is 0 Å². The van der Waals surface area contributed by atoms with Gasteiger partial charge in [0, 0.05) is 18.7 Å². The monoisotopic (exact) mass is 244 g/mol. The molecule has 0 aromatic heterocycles. The van der Waals surface area contributed by atoms with Crippen LogP contribution in [0.5, 0.6) is 0 Å². The van der Waals surface area contributed by atoms with E-state index in [0.717, 1.165) is 24.3 Å². The van der Waals surface area contributed by atoms with Crippen molar-refractivity contribution in [3.8, 4) is 11.3 Å². The lowest BCUT2D eigenvalue weighted by atomic mass is 9.97. The van der Waals surface area contributed by atoms with Crippen molar-refractivity contribution in [1.29, 1.82) is 0 Å². The summed E-state index contributed by atoms with van der Waals surface area (Å²) in [6, 6.07) is 8.62. The molecule has 0 saturated carbocycles. The Hall–Kier alpha value is -1.12. The number of halogens is 1. The molecule has 4 aliphatic rings. The SMILES string of the molecule is Clc1cc2ccc3c(cc-2n1)C1CNCC3C1. The molecular weight excluding hydrogens is 232 g/mol. The van der Waals surface area contributed by atoms with Crippen molar-refractivity contribution in [3.05, 3.63) is 40.5 Å². The molecular formula is C14H13ClN2. The summed E-state index contributed by atoms with van der Waals surface area (Å²) in [5, 5.41) is 4.11. The van der Waals surface area contributed by atoms with Crippen molar-refractivity contribution < 1.29 is 0 Å². The van der Waals surface area contributed by atoms with E-state index in [1.165, 1.54) is 17.5 Å². The fourth-order valence-corrected chi connectivity index (χ4v) is 3.52. The Morgan fingerprint density at radius 2 is 1.94 bits per heavy atom. The number of piperidine rings is 1. The summed E-state index contributed by atoms with van der Waals surface area (Å²) in [6.45, 7) is 2.22. The van der Waals surface area contributed by atoms with Crippen molar-refractivity contribution in [2.24, 2.45) is 0 Å². The molecule has 1 N–H and O–H groups in total. The number of nitrogens with zero attached hydrogens (tertiary/aromatic N) is 1. The molecule has 0 spiro atoms. The Kier molecular flexibility index (Phi) is 1.99. The second-order valence-electron chi connectivity index (χ2n) is 5.10. The maximum absolute atomic E-state index is 5.96. The summed E-state index contributed by atoms with van der Waals surface area (Å²) in [6.07, 6.45) is 1.29. The van der Waals surface area contributed by atoms with Crippen molar-refractivity contribution in [1.82, 2.24) is 10.3 Å². The number of hydrogen-bond acceptors (Lipinski definition) is 2. The summed E-state index contributed by atoms with van der Waals surface area (Å²) in [5.41, 5.74) is 5.16. The highest BCUT2D eigenvalue weighted by atomic mass is 35.5. The van der Waals surface area contributed by atoms with Gasteiger partial charge in [-0.1, -0.05) is 23.7 Å². The zero-order valence-electron chi connectivity index (χ0n) is 9.41. The first-order valence-corrected chi connectivity index (χ1v) is 6.50. The van der Waals surface area contributed by atoms with E-state index < -0.39 is 0 Å². The topological polar surface area (TPSA) is 24.9 Å². The first-order valence-electron chi connectivity index (χ1n) is 6.12. The van der Waals surface area contributed by atoms with Gasteiger partial charge in [-0.2, -0.15) is 0 Å². The lowest BCUT2D eigenvalue weighted by Gasteiger charge is -2.20. The Bertz CT molecular complexity index is 567. The van der Waals surface area contributed by atoms with Crippen LogP contribution >= 0.6 is 11.6 Å². The largest absolute Gasteiger partial charge is 0.316 e. The summed E-state index contributed by atoms with van der Waals surface area (Å²) in [4.78, 5) is 4.39. The number of fused-ring (bicyclic) bond motifs is 6. The van der Waals surface area contributed by atoms with Gasteiger partial charge < -0.3 is 5.32 Å². The summed E-state index contributed by atoms with van der Waals surface area (Å²) < 4.78 is 0. The van der Waals surface area contributed by atoms with Crippen LogP contribution in [0.15, 0.2) is 24.3 Å². The van der Waals surface area contributed by atoms with Crippen molar-refractivity contribution >= 4 is 11.6 Å². The van der Waals surface area contributed by atoms with Crippen molar-refractivity contribution in [2.75, 3.05) is 13.1 Å². The van der Waals surface area contributed by atoms with E-state index in [1.54, 1.807) is 0 Å². The minimum atomic E-state index is 0.596. The molecule has 0 radical (unpaired) electrons. The second-order valence-corrected chi connectivity index (χ2v) is 5.48. The molecule has 2 nitrogen and oxygen atoms in total. The highest BCUT2D eigenvalue weighted by Crippen LogP contribution is 2.44. The van der Waals surface area contributed by atoms with Gasteiger partial charge in [-0.15, -0.1) is 0 Å². The van der Waals surface area contributed by atoms with E-state index in [-0.39, 0.29) is 0 Å². The van der Waals surface area contributed by atoms with Gasteiger partial charge in [0.25, 0.3) is 0 Å². The minimum absolute atomic E-state index is 0.596. The van der Waals surface area contributed by atoms with E-state index >= 15 is 0 Å². The predicted octanol–water partition coefficient (Wildman–Crippen LogP) is 3.01. The lowest BCUT2D eigenvalue weighted by Crippen LogP contribution is -2.28. The smallest absolute Gasteiger partial charge is 0.130 e. The van der Waals surface area contributed by atoms with Gasteiger partial charge >= 0.3 is 0 Å². The number of rotatable bonds is 0. The molecule has 2 atom stereocenters. The van der Waals surface area contributed by atoms with Gasteiger partial charge in [-0.3, -0.25) is 0 Å². The molecule has 4 rings (SSSR count). The molecule has 0 aromatic carbocycles. The molecule has 17 heavy (non-hydrogen) atoms. The van der Waals surface area contributed by atoms with Crippen LogP contribution in [0, 0.1) is 0 Å². The van der Waals surface area contributed by atoms with Crippen LogP contribution in [0.2, 0.25) is 5.15 Å². The highest BCUT2D eigenvalue weighted by molar-refractivity contribution is 6.30. The van der Waals surface area contributed by atoms with Gasteiger partial charge in [0.05, 0.1) is 5.69 Å². The Balaban J connectivity index is 1.98. The van der Waals surface area contributed by atoms with Crippen LogP contribution in [-0.4, -0.2) is 18.1 Å². The van der Waals surface area contributed by atoms with Crippen LogP contribution in [0.1, 0.15) is 29.4 Å². The van der Waals surface area contributed by atoms with Crippen LogP contribution in [-0.2, 0) is 0 Å². The fraction of sp³-hybridized carbons (Fsp3) is 0.357. The predicted molar refractivity (Wildman–Crippen MR) is 68.8 cm³/mol. The molecule has 1 saturated heterocycles. The first kappa shape index (κ1) is 9.86. The average Bonchev–Trinajstić information content (AvgIpc) is 2.71. The molecule has 0 aromatic rings. The lowest BCUT2D eigenvalue weighted by molar-refractivity contribution is 0.453. The van der Waals surface area contributed by atoms with E-state index in [4.69, 9.17) is 11.6 Å². The summed E-state index contributed by atoms with van der Waals surface area (Å²) in [7, 11) is 0. The van der Waals surface area contributed by atoms with E-state index in [2.05, 4.69) is 28.5 Å². The zero-order valence-corrected chi connectivity index (χ0v) is 10.2. The standard InChI is InChI=1S/C14H13ClN2/c15-14-4-8-1-2-11-9-3-10(7-16-6-9)12(11)5-13(8)17-14/h1-2,4-5,9-10,16H,3,6-7H2. The average molecular weight is 245 g/mol. The highest BCUT2D eigenvalue weighted by Gasteiger charge is 2.34. The van der Waals surface area contributed by atoms with Crippen LogP contribution in [0.3, 0.4) is 0 Å². The molecule has 86 valence electrons. The maximum Gasteiger partial charge on any atom is 0.130 e. The molecule has 3 heteroatoms. The number of nitrogens with one attached hydrogen (secondary N) is 1. The third-order valence-corrected chi connectivity index (χ3v) is 4.29. The Morgan fingerprint density at radius 1 is 1.12 bits per heavy atom. The number of hydrogen-bond donors (Lipinski definition) is 1. The summed E-state index contributed by atoms with van der Waals surface area (Å²) in [5.74, 6) is 1.35. The van der Waals surface area contributed by atoms with Crippen molar-refractivity contribution in [2.45, 2.75) is 18.3 Å². The zero-order chi connectivity index (χ0) is 11.4. The third-order valence-electron chi connectivity index (χ3n) is 4.10. The summed E-state index contributed by atoms with van der Waals surface area (Å²) >= 11 is 5.96. The van der Waals surface area contributed by atoms with Crippen LogP contribution in [0.25, 0.3) is 11.3 Å². The molecule has 2 aliphatic carbocycles. The fourth-order valence-electron chi connectivity index (χ4n) is 3.31.